The summed E-state index contributed by atoms with van der Waals surface area (Å²) in [5, 5.41) is 8.60. The Morgan fingerprint density at radius 1 is 0.862 bits per heavy atom. The van der Waals surface area contributed by atoms with Crippen LogP contribution in [0.25, 0.3) is 0 Å². The van der Waals surface area contributed by atoms with Crippen molar-refractivity contribution in [3.05, 3.63) is 72.1 Å². The van der Waals surface area contributed by atoms with Gasteiger partial charge < -0.3 is 16.0 Å². The first-order valence-corrected chi connectivity index (χ1v) is 9.29. The average molecular weight is 389 g/mol. The third-order valence-electron chi connectivity index (χ3n) is 4.19. The third kappa shape index (κ3) is 5.62. The van der Waals surface area contributed by atoms with Crippen LogP contribution in [-0.4, -0.2) is 21.8 Å². The van der Waals surface area contributed by atoms with Crippen molar-refractivity contribution in [2.45, 2.75) is 26.7 Å². The molecule has 3 N–H and O–H groups in total. The van der Waals surface area contributed by atoms with E-state index in [4.69, 9.17) is 0 Å². The van der Waals surface area contributed by atoms with E-state index >= 15 is 0 Å². The molecule has 2 aromatic carbocycles. The lowest BCUT2D eigenvalue weighted by Crippen LogP contribution is -2.13. The standard InChI is InChI=1S/C22H23N5O2/c1-14(2)16-7-9-18(10-8-16)26-21(29)17-12-23-22(24-13-17)27-20-6-4-5-19(11-20)25-15(3)28/h4-14H,1-3H3,(H,25,28)(H,26,29)(H,23,24,27). The molecule has 148 valence electrons. The van der Waals surface area contributed by atoms with E-state index in [2.05, 4.69) is 39.8 Å². The molecule has 1 aromatic heterocycles. The Hall–Kier alpha value is -3.74. The highest BCUT2D eigenvalue weighted by atomic mass is 16.2. The summed E-state index contributed by atoms with van der Waals surface area (Å²) in [6.45, 7) is 5.69. The summed E-state index contributed by atoms with van der Waals surface area (Å²) in [5.74, 6) is 0.365. The zero-order valence-corrected chi connectivity index (χ0v) is 16.6. The van der Waals surface area contributed by atoms with Gasteiger partial charge in [-0.25, -0.2) is 9.97 Å². The van der Waals surface area contributed by atoms with Gasteiger partial charge in [0.2, 0.25) is 11.9 Å². The number of anilines is 4. The predicted octanol–water partition coefficient (Wildman–Crippen LogP) is 4.55. The highest BCUT2D eigenvalue weighted by Crippen LogP contribution is 2.19. The van der Waals surface area contributed by atoms with E-state index in [1.165, 1.54) is 24.9 Å². The lowest BCUT2D eigenvalue weighted by atomic mass is 10.0. The molecule has 0 saturated heterocycles. The van der Waals surface area contributed by atoms with Gasteiger partial charge in [-0.1, -0.05) is 32.0 Å². The van der Waals surface area contributed by atoms with Crippen molar-refractivity contribution in [3.63, 3.8) is 0 Å². The van der Waals surface area contributed by atoms with Crippen molar-refractivity contribution >= 4 is 34.8 Å². The van der Waals surface area contributed by atoms with Crippen LogP contribution in [0.5, 0.6) is 0 Å². The smallest absolute Gasteiger partial charge is 0.258 e. The minimum Gasteiger partial charge on any atom is -0.326 e. The molecule has 3 rings (SSSR count). The molecule has 0 aliphatic rings. The molecular formula is C22H23N5O2. The van der Waals surface area contributed by atoms with E-state index in [1.807, 2.05) is 30.3 Å². The number of carbonyl (C=O) groups is 2. The molecule has 3 aromatic rings. The molecule has 0 radical (unpaired) electrons. The minimum absolute atomic E-state index is 0.146. The molecular weight excluding hydrogens is 366 g/mol. The Morgan fingerprint density at radius 3 is 2.14 bits per heavy atom. The summed E-state index contributed by atoms with van der Waals surface area (Å²) in [5.41, 5.74) is 3.68. The van der Waals surface area contributed by atoms with Crippen molar-refractivity contribution in [1.29, 1.82) is 0 Å². The highest BCUT2D eigenvalue weighted by Gasteiger charge is 2.09. The maximum atomic E-state index is 12.4. The van der Waals surface area contributed by atoms with Gasteiger partial charge in [0.1, 0.15) is 0 Å². The van der Waals surface area contributed by atoms with Crippen LogP contribution in [0.1, 0.15) is 42.6 Å². The minimum atomic E-state index is -0.276. The van der Waals surface area contributed by atoms with E-state index in [0.717, 1.165) is 11.4 Å². The van der Waals surface area contributed by atoms with Gasteiger partial charge in [0.25, 0.3) is 5.91 Å². The van der Waals surface area contributed by atoms with Gasteiger partial charge in [0.15, 0.2) is 0 Å². The van der Waals surface area contributed by atoms with Crippen molar-refractivity contribution < 1.29 is 9.59 Å². The molecule has 2 amide bonds. The highest BCUT2D eigenvalue weighted by molar-refractivity contribution is 6.03. The first-order chi connectivity index (χ1) is 13.9. The number of hydrogen-bond donors (Lipinski definition) is 3. The largest absolute Gasteiger partial charge is 0.326 e. The van der Waals surface area contributed by atoms with Gasteiger partial charge in [-0.05, 0) is 41.8 Å². The molecule has 0 aliphatic heterocycles. The Bertz CT molecular complexity index is 998. The molecule has 0 atom stereocenters. The third-order valence-corrected chi connectivity index (χ3v) is 4.19. The van der Waals surface area contributed by atoms with Gasteiger partial charge in [-0.2, -0.15) is 0 Å². The second-order valence-electron chi connectivity index (χ2n) is 6.91. The first kappa shape index (κ1) is 20.0. The molecule has 7 nitrogen and oxygen atoms in total. The molecule has 1 heterocycles. The van der Waals surface area contributed by atoms with Gasteiger partial charge in [0.05, 0.1) is 5.56 Å². The molecule has 0 bridgehead atoms. The van der Waals surface area contributed by atoms with E-state index in [-0.39, 0.29) is 11.8 Å². The Labute approximate surface area is 169 Å². The summed E-state index contributed by atoms with van der Waals surface area (Å²) in [6.07, 6.45) is 2.93. The normalized spacial score (nSPS) is 10.5. The van der Waals surface area contributed by atoms with E-state index < -0.39 is 0 Å². The summed E-state index contributed by atoms with van der Waals surface area (Å²) in [6, 6.07) is 15.0. The second-order valence-corrected chi connectivity index (χ2v) is 6.91. The number of hydrogen-bond acceptors (Lipinski definition) is 5. The Balaban J connectivity index is 1.63. The fourth-order valence-corrected chi connectivity index (χ4v) is 2.67. The summed E-state index contributed by atoms with van der Waals surface area (Å²) in [7, 11) is 0. The van der Waals surface area contributed by atoms with Crippen molar-refractivity contribution in [1.82, 2.24) is 9.97 Å². The molecule has 0 saturated carbocycles. The second kappa shape index (κ2) is 8.97. The van der Waals surface area contributed by atoms with Crippen LogP contribution < -0.4 is 16.0 Å². The Kier molecular flexibility index (Phi) is 6.19. The number of nitrogens with zero attached hydrogens (tertiary/aromatic N) is 2. The molecule has 0 unspecified atom stereocenters. The van der Waals surface area contributed by atoms with Crippen LogP contribution in [0.15, 0.2) is 60.9 Å². The van der Waals surface area contributed by atoms with Gasteiger partial charge in [-0.3, -0.25) is 9.59 Å². The maximum absolute atomic E-state index is 12.4. The van der Waals surface area contributed by atoms with Gasteiger partial charge >= 0.3 is 0 Å². The fraction of sp³-hybridized carbons (Fsp3) is 0.182. The predicted molar refractivity (Wildman–Crippen MR) is 115 cm³/mol. The summed E-state index contributed by atoms with van der Waals surface area (Å²) < 4.78 is 0. The fourth-order valence-electron chi connectivity index (χ4n) is 2.67. The van der Waals surface area contributed by atoms with Crippen molar-refractivity contribution in [3.8, 4) is 0 Å². The SMILES string of the molecule is CC(=O)Nc1cccc(Nc2ncc(C(=O)Nc3ccc(C(C)C)cc3)cn2)c1. The van der Waals surface area contributed by atoms with Crippen LogP contribution in [0.3, 0.4) is 0 Å². The molecule has 7 heteroatoms. The zero-order chi connectivity index (χ0) is 20.8. The van der Waals surface area contributed by atoms with Crippen LogP contribution in [-0.2, 0) is 4.79 Å². The lowest BCUT2D eigenvalue weighted by Gasteiger charge is -2.09. The van der Waals surface area contributed by atoms with Gasteiger partial charge in [0, 0.05) is 36.4 Å². The van der Waals surface area contributed by atoms with Crippen LogP contribution in [0, 0.1) is 0 Å². The number of rotatable bonds is 6. The number of amides is 2. The zero-order valence-electron chi connectivity index (χ0n) is 16.6. The number of benzene rings is 2. The van der Waals surface area contributed by atoms with Crippen LogP contribution in [0.2, 0.25) is 0 Å². The van der Waals surface area contributed by atoms with Crippen molar-refractivity contribution in [2.75, 3.05) is 16.0 Å². The van der Waals surface area contributed by atoms with Gasteiger partial charge in [-0.15, -0.1) is 0 Å². The van der Waals surface area contributed by atoms with E-state index in [9.17, 15) is 9.59 Å². The maximum Gasteiger partial charge on any atom is 0.258 e. The van der Waals surface area contributed by atoms with Crippen LogP contribution in [0.4, 0.5) is 23.0 Å². The number of carbonyl (C=O) groups excluding carboxylic acids is 2. The summed E-state index contributed by atoms with van der Waals surface area (Å²) in [4.78, 5) is 32.0. The average Bonchev–Trinajstić information content (AvgIpc) is 2.68. The van der Waals surface area contributed by atoms with E-state index in [0.29, 0.717) is 23.1 Å². The molecule has 0 fully saturated rings. The van der Waals surface area contributed by atoms with E-state index in [1.54, 1.807) is 18.2 Å². The molecule has 0 aliphatic carbocycles. The quantitative estimate of drug-likeness (QED) is 0.575. The molecule has 29 heavy (non-hydrogen) atoms. The monoisotopic (exact) mass is 389 g/mol. The Morgan fingerprint density at radius 2 is 1.52 bits per heavy atom. The van der Waals surface area contributed by atoms with Crippen LogP contribution >= 0.6 is 0 Å². The lowest BCUT2D eigenvalue weighted by molar-refractivity contribution is -0.114. The molecule has 0 spiro atoms. The number of aromatic nitrogens is 2. The summed E-state index contributed by atoms with van der Waals surface area (Å²) >= 11 is 0. The number of nitrogens with one attached hydrogen (secondary N) is 3. The first-order valence-electron chi connectivity index (χ1n) is 9.29. The van der Waals surface area contributed by atoms with Crippen molar-refractivity contribution in [2.24, 2.45) is 0 Å². The topological polar surface area (TPSA) is 96.0 Å².